The van der Waals surface area contributed by atoms with E-state index < -0.39 is 0 Å². The van der Waals surface area contributed by atoms with Crippen molar-refractivity contribution in [1.29, 1.82) is 0 Å². The molecule has 0 radical (unpaired) electrons. The molecule has 0 bridgehead atoms. The topological polar surface area (TPSA) is 67.9 Å². The van der Waals surface area contributed by atoms with Gasteiger partial charge in [0.2, 0.25) is 11.4 Å². The van der Waals surface area contributed by atoms with Crippen LogP contribution in [0.5, 0.6) is 5.88 Å². The minimum Gasteiger partial charge on any atom is -0.481 e. The maximum atomic E-state index is 13.9. The predicted octanol–water partition coefficient (Wildman–Crippen LogP) is 4.72. The molecule has 3 atom stereocenters. The number of ether oxygens (including phenoxy) is 1. The Morgan fingerprint density at radius 3 is 2.58 bits per heavy atom. The third-order valence-corrected chi connectivity index (χ3v) is 7.32. The van der Waals surface area contributed by atoms with E-state index in [4.69, 9.17) is 11.3 Å². The van der Waals surface area contributed by atoms with E-state index in [2.05, 4.69) is 38.5 Å². The number of aromatic nitrogens is 3. The van der Waals surface area contributed by atoms with Crippen molar-refractivity contribution in [3.05, 3.63) is 99.5 Å². The fourth-order valence-corrected chi connectivity index (χ4v) is 5.41. The summed E-state index contributed by atoms with van der Waals surface area (Å²) in [6.07, 6.45) is 1.69. The van der Waals surface area contributed by atoms with Gasteiger partial charge in [-0.15, -0.1) is 4.98 Å². The second-order valence-electron chi connectivity index (χ2n) is 9.68. The highest BCUT2D eigenvalue weighted by Crippen LogP contribution is 2.38. The summed E-state index contributed by atoms with van der Waals surface area (Å²) < 4.78 is 21.0. The third-order valence-electron chi connectivity index (χ3n) is 7.32. The average Bonchev–Trinajstić information content (AvgIpc) is 2.93. The zero-order chi connectivity index (χ0) is 27.0. The fourth-order valence-electron chi connectivity index (χ4n) is 5.41. The Bertz CT molecular complexity index is 1580. The van der Waals surface area contributed by atoms with Crippen molar-refractivity contribution in [2.75, 3.05) is 25.1 Å². The van der Waals surface area contributed by atoms with Gasteiger partial charge in [0.1, 0.15) is 5.82 Å². The van der Waals surface area contributed by atoms with E-state index >= 15 is 0 Å². The lowest BCUT2D eigenvalue weighted by Gasteiger charge is -2.48. The fraction of sp³-hybridized carbons (Fsp3) is 0.310. The van der Waals surface area contributed by atoms with Gasteiger partial charge >= 0.3 is 0 Å². The molecule has 3 aromatic heterocycles. The van der Waals surface area contributed by atoms with Crippen LogP contribution in [0.1, 0.15) is 31.0 Å². The van der Waals surface area contributed by atoms with Crippen molar-refractivity contribution >= 4 is 22.5 Å². The number of hydrogen-bond donors (Lipinski definition) is 0. The third kappa shape index (κ3) is 4.48. The normalized spacial score (nSPS) is 18.8. The first-order valence-corrected chi connectivity index (χ1v) is 12.5. The van der Waals surface area contributed by atoms with Crippen LogP contribution < -0.4 is 15.2 Å². The zero-order valence-electron chi connectivity index (χ0n) is 21.8. The molecule has 4 aromatic rings. The van der Waals surface area contributed by atoms with Gasteiger partial charge in [-0.25, -0.2) is 9.37 Å². The van der Waals surface area contributed by atoms with Crippen molar-refractivity contribution in [2.45, 2.75) is 32.0 Å². The smallest absolute Gasteiger partial charge is 0.270 e. The van der Waals surface area contributed by atoms with E-state index in [1.807, 2.05) is 12.1 Å². The molecule has 9 heteroatoms. The number of pyridine rings is 3. The molecule has 38 heavy (non-hydrogen) atoms. The van der Waals surface area contributed by atoms with Gasteiger partial charge < -0.3 is 19.0 Å². The van der Waals surface area contributed by atoms with Gasteiger partial charge in [-0.2, -0.15) is 0 Å². The standard InChI is InChI=1S/C29H29FN6O2/c1-18-17-36(28(20-8-10-21(30)11-9-20)22-7-6-14-32-29(22)38-5)19(2)16-35(18)24-15-26(37)34(4)23-12-13-25(31-3)33-27(23)24/h6-15,18-19,28H,16-17H2,1-2,4-5H3/t18-,19+,28?/m0/s1. The number of fused-ring (bicyclic) bond motifs is 1. The van der Waals surface area contributed by atoms with E-state index in [1.165, 1.54) is 12.1 Å². The van der Waals surface area contributed by atoms with Crippen LogP contribution in [0.15, 0.2) is 65.6 Å². The Morgan fingerprint density at radius 1 is 1.11 bits per heavy atom. The van der Waals surface area contributed by atoms with Crippen LogP contribution in [-0.4, -0.2) is 51.7 Å². The molecule has 1 aliphatic heterocycles. The van der Waals surface area contributed by atoms with Gasteiger partial charge in [-0.1, -0.05) is 24.8 Å². The number of anilines is 1. The van der Waals surface area contributed by atoms with Crippen LogP contribution >= 0.6 is 0 Å². The van der Waals surface area contributed by atoms with Crippen molar-refractivity contribution < 1.29 is 9.13 Å². The van der Waals surface area contributed by atoms with E-state index in [0.29, 0.717) is 30.0 Å². The number of methoxy groups -OCH3 is 1. The Morgan fingerprint density at radius 2 is 1.87 bits per heavy atom. The second-order valence-corrected chi connectivity index (χ2v) is 9.68. The van der Waals surface area contributed by atoms with Crippen LogP contribution in [-0.2, 0) is 7.05 Å². The minimum absolute atomic E-state index is 0.00511. The lowest BCUT2D eigenvalue weighted by molar-refractivity contribution is 0.128. The first-order valence-electron chi connectivity index (χ1n) is 12.5. The van der Waals surface area contributed by atoms with Gasteiger partial charge in [0.05, 0.1) is 24.4 Å². The van der Waals surface area contributed by atoms with Gasteiger partial charge in [0.25, 0.3) is 11.4 Å². The van der Waals surface area contributed by atoms with Crippen molar-refractivity contribution in [1.82, 2.24) is 19.4 Å². The highest BCUT2D eigenvalue weighted by molar-refractivity contribution is 5.89. The number of rotatable bonds is 5. The molecule has 0 amide bonds. The highest BCUT2D eigenvalue weighted by Gasteiger charge is 2.37. The molecular formula is C29H29FN6O2. The van der Waals surface area contributed by atoms with Gasteiger partial charge in [-0.05, 0) is 49.7 Å². The molecule has 8 nitrogen and oxygen atoms in total. The molecule has 1 fully saturated rings. The van der Waals surface area contributed by atoms with E-state index in [9.17, 15) is 9.18 Å². The Labute approximate surface area is 220 Å². The van der Waals surface area contributed by atoms with Gasteiger partial charge in [0.15, 0.2) is 0 Å². The number of nitrogens with zero attached hydrogens (tertiary/aromatic N) is 6. The molecule has 1 unspecified atom stereocenters. The quantitative estimate of drug-likeness (QED) is 0.361. The molecule has 1 aliphatic rings. The summed E-state index contributed by atoms with van der Waals surface area (Å²) in [5.74, 6) is 0.523. The zero-order valence-corrected chi connectivity index (χ0v) is 21.8. The molecule has 4 heterocycles. The molecular weight excluding hydrogens is 483 g/mol. The molecule has 1 aromatic carbocycles. The molecule has 1 saturated heterocycles. The van der Waals surface area contributed by atoms with E-state index in [-0.39, 0.29) is 35.3 Å². The molecule has 0 saturated carbocycles. The molecule has 0 aliphatic carbocycles. The number of piperazine rings is 1. The van der Waals surface area contributed by atoms with Crippen molar-refractivity contribution in [2.24, 2.45) is 7.05 Å². The van der Waals surface area contributed by atoms with Gasteiger partial charge in [0, 0.05) is 50.0 Å². The maximum Gasteiger partial charge on any atom is 0.270 e. The summed E-state index contributed by atoms with van der Waals surface area (Å²) >= 11 is 0. The van der Waals surface area contributed by atoms with Crippen LogP contribution in [0.2, 0.25) is 0 Å². The predicted molar refractivity (Wildman–Crippen MR) is 145 cm³/mol. The van der Waals surface area contributed by atoms with Crippen LogP contribution in [0.25, 0.3) is 15.9 Å². The van der Waals surface area contributed by atoms with Crippen molar-refractivity contribution in [3.8, 4) is 5.88 Å². The first-order chi connectivity index (χ1) is 18.3. The summed E-state index contributed by atoms with van der Waals surface area (Å²) in [5.41, 5.74) is 3.76. The lowest BCUT2D eigenvalue weighted by atomic mass is 9.94. The van der Waals surface area contributed by atoms with Crippen LogP contribution in [0, 0.1) is 12.4 Å². The SMILES string of the molecule is [C-]#[N+]c1ccc2c(n1)c(N1C[C@@H](C)N(C(c3ccc(F)cc3)c3cccnc3OC)C[C@@H]1C)cc(=O)n2C. The number of benzene rings is 1. The molecule has 5 rings (SSSR count). The second kappa shape index (κ2) is 10.2. The summed E-state index contributed by atoms with van der Waals surface area (Å²) in [6.45, 7) is 12.9. The Hall–Kier alpha value is -4.29. The largest absolute Gasteiger partial charge is 0.481 e. The van der Waals surface area contributed by atoms with Crippen molar-refractivity contribution in [3.63, 3.8) is 0 Å². The summed E-state index contributed by atoms with van der Waals surface area (Å²) in [4.78, 5) is 29.9. The minimum atomic E-state index is -0.291. The molecule has 0 N–H and O–H groups in total. The Balaban J connectivity index is 1.57. The summed E-state index contributed by atoms with van der Waals surface area (Å²) in [7, 11) is 3.31. The average molecular weight is 513 g/mol. The van der Waals surface area contributed by atoms with Gasteiger partial charge in [-0.3, -0.25) is 9.69 Å². The first kappa shape index (κ1) is 25.4. The molecule has 0 spiro atoms. The lowest BCUT2D eigenvalue weighted by Crippen LogP contribution is -2.57. The number of halogens is 1. The Kier molecular flexibility index (Phi) is 6.83. The number of aryl methyl sites for hydroxylation is 1. The van der Waals surface area contributed by atoms with Crippen LogP contribution in [0.3, 0.4) is 0 Å². The number of hydrogen-bond acceptors (Lipinski definition) is 6. The monoisotopic (exact) mass is 512 g/mol. The molecule has 194 valence electrons. The van der Waals surface area contributed by atoms with E-state index in [0.717, 1.165) is 16.8 Å². The van der Waals surface area contributed by atoms with Crippen LogP contribution in [0.4, 0.5) is 15.9 Å². The highest BCUT2D eigenvalue weighted by atomic mass is 19.1. The summed E-state index contributed by atoms with van der Waals surface area (Å²) in [6, 6.07) is 15.3. The van der Waals surface area contributed by atoms with E-state index in [1.54, 1.807) is 55.3 Å². The maximum absolute atomic E-state index is 13.9. The summed E-state index contributed by atoms with van der Waals surface area (Å²) in [5, 5.41) is 0.